The minimum absolute atomic E-state index is 0.0636. The topological polar surface area (TPSA) is 101 Å². The molecular weight excluding hydrogens is 420 g/mol. The number of hydrogen-bond acceptors (Lipinski definition) is 7. The lowest BCUT2D eigenvalue weighted by Crippen LogP contribution is -2.51. The Morgan fingerprint density at radius 3 is 2.37 bits per heavy atom. The number of aryl methyl sites for hydroxylation is 1. The van der Waals surface area contributed by atoms with Gasteiger partial charge in [-0.15, -0.1) is 0 Å². The van der Waals surface area contributed by atoms with E-state index in [2.05, 4.69) is 9.80 Å². The molecule has 2 atom stereocenters. The molecule has 0 saturated carbocycles. The van der Waals surface area contributed by atoms with Gasteiger partial charge in [-0.2, -0.15) is 0 Å². The van der Waals surface area contributed by atoms with Gasteiger partial charge in [0.05, 0.1) is 32.6 Å². The summed E-state index contributed by atoms with van der Waals surface area (Å²) >= 11 is 6.01. The van der Waals surface area contributed by atoms with Crippen LogP contribution in [0.5, 0.6) is 0 Å². The summed E-state index contributed by atoms with van der Waals surface area (Å²) in [5.41, 5.74) is 14.7. The summed E-state index contributed by atoms with van der Waals surface area (Å²) < 4.78 is 12.7. The van der Waals surface area contributed by atoms with Crippen LogP contribution < -0.4 is 21.3 Å². The van der Waals surface area contributed by atoms with Crippen molar-refractivity contribution in [3.63, 3.8) is 0 Å². The third kappa shape index (κ3) is 3.82. The van der Waals surface area contributed by atoms with Gasteiger partial charge in [0, 0.05) is 55.6 Å². The summed E-state index contributed by atoms with van der Waals surface area (Å²) in [7, 11) is -1.12. The predicted molar refractivity (Wildman–Crippen MR) is 123 cm³/mol. The Balaban J connectivity index is 1.62. The molecule has 2 aromatic rings. The number of fused-ring (bicyclic) bond motifs is 1. The van der Waals surface area contributed by atoms with Crippen LogP contribution >= 0.6 is 11.6 Å². The summed E-state index contributed by atoms with van der Waals surface area (Å²) in [4.78, 5) is 14.9. The van der Waals surface area contributed by atoms with E-state index in [1.54, 1.807) is 0 Å². The molecule has 1 aromatic carbocycles. The number of halogens is 1. The molecule has 4 N–H and O–H groups in total. The molecule has 0 amide bonds. The monoisotopic (exact) mass is 448 g/mol. The van der Waals surface area contributed by atoms with Gasteiger partial charge in [0.2, 0.25) is 5.95 Å². The average molecular weight is 449 g/mol. The molecule has 9 heteroatoms. The molecule has 2 aliphatic heterocycles. The van der Waals surface area contributed by atoms with Crippen LogP contribution in [-0.4, -0.2) is 52.7 Å². The average Bonchev–Trinajstić information content (AvgIpc) is 3.14. The lowest BCUT2D eigenvalue weighted by molar-refractivity contribution is 0.311. The second-order valence-electron chi connectivity index (χ2n) is 8.30. The van der Waals surface area contributed by atoms with Crippen molar-refractivity contribution in [2.24, 2.45) is 17.4 Å². The van der Waals surface area contributed by atoms with Crippen molar-refractivity contribution in [1.82, 2.24) is 9.97 Å². The van der Waals surface area contributed by atoms with Crippen LogP contribution in [0.2, 0.25) is 5.02 Å². The van der Waals surface area contributed by atoms with Gasteiger partial charge >= 0.3 is 0 Å². The number of piperazine rings is 1. The Labute approximate surface area is 185 Å². The highest BCUT2D eigenvalue weighted by Crippen LogP contribution is 2.35. The van der Waals surface area contributed by atoms with Crippen molar-refractivity contribution < 1.29 is 4.21 Å². The lowest BCUT2D eigenvalue weighted by Gasteiger charge is -2.37. The fourth-order valence-electron chi connectivity index (χ4n) is 4.06. The van der Waals surface area contributed by atoms with E-state index in [0.29, 0.717) is 28.7 Å². The van der Waals surface area contributed by atoms with Crippen molar-refractivity contribution in [3.05, 3.63) is 40.7 Å². The van der Waals surface area contributed by atoms with Crippen molar-refractivity contribution in [2.45, 2.75) is 30.7 Å². The van der Waals surface area contributed by atoms with Crippen molar-refractivity contribution in [3.8, 4) is 0 Å². The van der Waals surface area contributed by atoms with Crippen molar-refractivity contribution in [2.75, 3.05) is 48.3 Å². The lowest BCUT2D eigenvalue weighted by atomic mass is 9.83. The summed E-state index contributed by atoms with van der Waals surface area (Å²) in [5, 5.41) is 0.740. The van der Waals surface area contributed by atoms with E-state index in [1.165, 1.54) is 0 Å². The summed E-state index contributed by atoms with van der Waals surface area (Å²) in [5.74, 6) is 1.31. The first-order chi connectivity index (χ1) is 14.3. The molecule has 1 aromatic heterocycles. The number of nitrogens with zero attached hydrogens (tertiary/aromatic N) is 4. The first kappa shape index (κ1) is 21.5. The molecule has 0 bridgehead atoms. The largest absolute Gasteiger partial charge is 0.368 e. The molecule has 4 rings (SSSR count). The fourth-order valence-corrected chi connectivity index (χ4v) is 5.63. The molecule has 7 nitrogen and oxygen atoms in total. The molecule has 0 radical (unpaired) electrons. The second kappa shape index (κ2) is 8.42. The smallest absolute Gasteiger partial charge is 0.226 e. The molecule has 2 aliphatic rings. The highest BCUT2D eigenvalue weighted by molar-refractivity contribution is 7.85. The fraction of sp³-hybridized carbons (Fsp3) is 0.524. The van der Waals surface area contributed by atoms with E-state index in [1.807, 2.05) is 38.1 Å². The van der Waals surface area contributed by atoms with Crippen LogP contribution in [0.3, 0.4) is 0 Å². The maximum Gasteiger partial charge on any atom is 0.226 e. The van der Waals surface area contributed by atoms with Crippen LogP contribution in [0, 0.1) is 5.92 Å². The van der Waals surface area contributed by atoms with Crippen LogP contribution in [0.1, 0.15) is 25.2 Å². The molecule has 162 valence electrons. The minimum atomic E-state index is -1.12. The predicted octanol–water partition coefficient (Wildman–Crippen LogP) is 1.89. The van der Waals surface area contributed by atoms with Gasteiger partial charge < -0.3 is 21.3 Å². The third-order valence-corrected chi connectivity index (χ3v) is 7.95. The molecule has 0 aliphatic carbocycles. The molecule has 1 fully saturated rings. The Morgan fingerprint density at radius 2 is 1.77 bits per heavy atom. The molecule has 2 unspecified atom stereocenters. The van der Waals surface area contributed by atoms with Crippen LogP contribution in [0.4, 0.5) is 11.6 Å². The van der Waals surface area contributed by atoms with Gasteiger partial charge in [-0.25, -0.2) is 9.97 Å². The molecule has 1 saturated heterocycles. The van der Waals surface area contributed by atoms with Crippen molar-refractivity contribution in [1.29, 1.82) is 0 Å². The Morgan fingerprint density at radius 1 is 1.13 bits per heavy atom. The van der Waals surface area contributed by atoms with E-state index >= 15 is 0 Å². The molecule has 0 spiro atoms. The SMILES string of the molecule is CC(C)C(N)(CN)c1nc(N2CCN(c3ccc(Cl)cc3)CC2)nc2c1S(=O)CC2. The number of anilines is 2. The van der Waals surface area contributed by atoms with E-state index in [9.17, 15) is 4.21 Å². The van der Waals surface area contributed by atoms with Gasteiger partial charge in [-0.1, -0.05) is 25.4 Å². The van der Waals surface area contributed by atoms with E-state index < -0.39 is 16.3 Å². The van der Waals surface area contributed by atoms with Crippen LogP contribution in [0.25, 0.3) is 0 Å². The Kier molecular flexibility index (Phi) is 6.03. The van der Waals surface area contributed by atoms with E-state index in [4.69, 9.17) is 33.0 Å². The third-order valence-electron chi connectivity index (χ3n) is 6.24. The van der Waals surface area contributed by atoms with Gasteiger partial charge in [-0.05, 0) is 30.2 Å². The van der Waals surface area contributed by atoms with Crippen molar-refractivity contribution >= 4 is 34.0 Å². The normalized spacial score (nSPS) is 21.1. The number of hydrogen-bond donors (Lipinski definition) is 2. The highest BCUT2D eigenvalue weighted by atomic mass is 35.5. The first-order valence-electron chi connectivity index (χ1n) is 10.4. The standard InChI is InChI=1S/C21H29ClN6OS/c1-14(2)21(24,13-23)19-18-17(7-12-30(18)29)25-20(26-19)28-10-8-27(9-11-28)16-5-3-15(22)4-6-16/h3-6,14H,7-13,23-24H2,1-2H3. The highest BCUT2D eigenvalue weighted by Gasteiger charge is 2.39. The molecule has 30 heavy (non-hydrogen) atoms. The molecular formula is C21H29ClN6OS. The van der Waals surface area contributed by atoms with Gasteiger partial charge in [0.25, 0.3) is 0 Å². The van der Waals surface area contributed by atoms with Gasteiger partial charge in [-0.3, -0.25) is 4.21 Å². The maximum absolute atomic E-state index is 12.7. The summed E-state index contributed by atoms with van der Waals surface area (Å²) in [6.07, 6.45) is 0.688. The second-order valence-corrected chi connectivity index (χ2v) is 10.2. The van der Waals surface area contributed by atoms with Gasteiger partial charge in [0.15, 0.2) is 0 Å². The Hall–Kier alpha value is -1.74. The minimum Gasteiger partial charge on any atom is -0.368 e. The van der Waals surface area contributed by atoms with Gasteiger partial charge in [0.1, 0.15) is 0 Å². The number of nitrogens with two attached hydrogens (primary N) is 2. The van der Waals surface area contributed by atoms with Crippen LogP contribution in [0.15, 0.2) is 29.2 Å². The van der Waals surface area contributed by atoms with E-state index in [-0.39, 0.29) is 12.5 Å². The first-order valence-corrected chi connectivity index (χ1v) is 12.1. The van der Waals surface area contributed by atoms with E-state index in [0.717, 1.165) is 42.6 Å². The number of aromatic nitrogens is 2. The Bertz CT molecular complexity index is 945. The maximum atomic E-state index is 12.7. The zero-order chi connectivity index (χ0) is 21.5. The quantitative estimate of drug-likeness (QED) is 0.720. The van der Waals surface area contributed by atoms with Crippen LogP contribution in [-0.2, 0) is 22.8 Å². The summed E-state index contributed by atoms with van der Waals surface area (Å²) in [6, 6.07) is 7.92. The zero-order valence-corrected chi connectivity index (χ0v) is 19.0. The summed E-state index contributed by atoms with van der Waals surface area (Å²) in [6.45, 7) is 7.62. The number of benzene rings is 1. The molecule has 3 heterocycles. The number of rotatable bonds is 5. The zero-order valence-electron chi connectivity index (χ0n) is 17.5.